The normalized spacial score (nSPS) is 11.3. The molecule has 5 nitrogen and oxygen atoms in total. The van der Waals surface area contributed by atoms with Crippen LogP contribution in [0.5, 0.6) is 5.75 Å². The predicted molar refractivity (Wildman–Crippen MR) is 57.2 cm³/mol. The van der Waals surface area contributed by atoms with Crippen LogP contribution in [0.1, 0.15) is 5.56 Å². The van der Waals surface area contributed by atoms with Crippen LogP contribution < -0.4 is 4.74 Å². The number of halogens is 3. The van der Waals surface area contributed by atoms with E-state index in [1.165, 1.54) is 18.2 Å². The van der Waals surface area contributed by atoms with Crippen LogP contribution in [-0.4, -0.2) is 21.0 Å². The molecule has 0 saturated carbocycles. The van der Waals surface area contributed by atoms with Crippen molar-refractivity contribution in [3.05, 3.63) is 42.2 Å². The quantitative estimate of drug-likeness (QED) is 0.853. The number of carbonyl (C=O) groups is 1. The number of carboxylic acid groups (broad SMARTS) is 1. The molecule has 19 heavy (non-hydrogen) atoms. The summed E-state index contributed by atoms with van der Waals surface area (Å²) in [6, 6.07) is 4.81. The van der Waals surface area contributed by atoms with Gasteiger partial charge in [-0.25, -0.2) is 9.48 Å². The molecule has 0 aliphatic rings. The lowest BCUT2D eigenvalue weighted by molar-refractivity contribution is -0.137. The van der Waals surface area contributed by atoms with Crippen molar-refractivity contribution in [2.75, 3.05) is 0 Å². The lowest BCUT2D eigenvalue weighted by Crippen LogP contribution is -2.10. The van der Waals surface area contributed by atoms with E-state index < -0.39 is 17.9 Å². The third kappa shape index (κ3) is 2.84. The van der Waals surface area contributed by atoms with Crippen LogP contribution in [0.2, 0.25) is 0 Å². The molecule has 0 aliphatic carbocycles. The maximum atomic E-state index is 12.8. The molecule has 0 bridgehead atoms. The fourth-order valence-electron chi connectivity index (χ4n) is 1.50. The number of para-hydroxylation sites is 1. The van der Waals surface area contributed by atoms with Crippen LogP contribution in [0.25, 0.3) is 5.69 Å². The van der Waals surface area contributed by atoms with Gasteiger partial charge in [-0.2, -0.15) is 18.3 Å². The predicted octanol–water partition coefficient (Wildman–Crippen LogP) is 2.95. The number of hydrogen-bond donors (Lipinski definition) is 1. The summed E-state index contributed by atoms with van der Waals surface area (Å²) in [5.74, 6) is -0.163. The molecular weight excluding hydrogens is 265 g/mol. The molecule has 0 atom stereocenters. The van der Waals surface area contributed by atoms with E-state index in [0.717, 1.165) is 23.1 Å². The first kappa shape index (κ1) is 12.9. The second kappa shape index (κ2) is 4.63. The van der Waals surface area contributed by atoms with Crippen molar-refractivity contribution in [3.8, 4) is 11.4 Å². The summed E-state index contributed by atoms with van der Waals surface area (Å²) in [4.78, 5) is 10.3. The van der Waals surface area contributed by atoms with Crippen LogP contribution in [0, 0.1) is 0 Å². The Morgan fingerprint density at radius 3 is 2.63 bits per heavy atom. The minimum absolute atomic E-state index is 0.163. The van der Waals surface area contributed by atoms with Crippen molar-refractivity contribution < 1.29 is 27.8 Å². The molecule has 2 rings (SSSR count). The molecule has 100 valence electrons. The van der Waals surface area contributed by atoms with Gasteiger partial charge in [0.2, 0.25) is 0 Å². The van der Waals surface area contributed by atoms with E-state index in [1.54, 1.807) is 0 Å². The number of ether oxygens (including phenoxy) is 1. The summed E-state index contributed by atoms with van der Waals surface area (Å²) >= 11 is 0. The summed E-state index contributed by atoms with van der Waals surface area (Å²) < 4.78 is 43.6. The van der Waals surface area contributed by atoms with Crippen LogP contribution in [0.3, 0.4) is 0 Å². The van der Waals surface area contributed by atoms with Gasteiger partial charge in [0.25, 0.3) is 0 Å². The lowest BCUT2D eigenvalue weighted by Gasteiger charge is -2.11. The van der Waals surface area contributed by atoms with Gasteiger partial charge in [0.05, 0.1) is 23.6 Å². The van der Waals surface area contributed by atoms with Gasteiger partial charge in [-0.05, 0) is 12.1 Å². The van der Waals surface area contributed by atoms with Crippen molar-refractivity contribution >= 4 is 6.16 Å². The van der Waals surface area contributed by atoms with E-state index in [4.69, 9.17) is 5.11 Å². The van der Waals surface area contributed by atoms with Crippen LogP contribution in [-0.2, 0) is 6.18 Å². The Bertz CT molecular complexity index is 607. The number of nitrogens with zero attached hydrogens (tertiary/aromatic N) is 2. The number of benzene rings is 1. The zero-order valence-corrected chi connectivity index (χ0v) is 9.26. The SMILES string of the molecule is O=C(O)Oc1cnn(-c2ccccc2C(F)(F)F)c1. The fourth-order valence-corrected chi connectivity index (χ4v) is 1.50. The first-order chi connectivity index (χ1) is 8.88. The van der Waals surface area contributed by atoms with Crippen LogP contribution >= 0.6 is 0 Å². The van der Waals surface area contributed by atoms with Crippen molar-refractivity contribution in [2.45, 2.75) is 6.18 Å². The molecule has 0 saturated heterocycles. The van der Waals surface area contributed by atoms with E-state index in [2.05, 4.69) is 9.84 Å². The highest BCUT2D eigenvalue weighted by Gasteiger charge is 2.33. The first-order valence-electron chi connectivity index (χ1n) is 5.00. The molecule has 0 spiro atoms. The van der Waals surface area contributed by atoms with E-state index in [0.29, 0.717) is 0 Å². The molecule has 0 amide bonds. The molecular formula is C11H7F3N2O3. The molecule has 8 heteroatoms. The Hall–Kier alpha value is -2.51. The Labute approximate surface area is 104 Å². The molecule has 1 aromatic carbocycles. The minimum Gasteiger partial charge on any atom is -0.449 e. The van der Waals surface area contributed by atoms with E-state index in [-0.39, 0.29) is 11.4 Å². The van der Waals surface area contributed by atoms with Gasteiger partial charge in [-0.15, -0.1) is 0 Å². The van der Waals surface area contributed by atoms with Gasteiger partial charge in [0, 0.05) is 0 Å². The molecule has 0 radical (unpaired) electrons. The summed E-state index contributed by atoms with van der Waals surface area (Å²) in [6.07, 6.45) is -4.03. The van der Waals surface area contributed by atoms with Crippen molar-refractivity contribution in [1.82, 2.24) is 9.78 Å². The number of rotatable bonds is 2. The van der Waals surface area contributed by atoms with Crippen molar-refractivity contribution in [3.63, 3.8) is 0 Å². The Balaban J connectivity index is 2.42. The highest BCUT2D eigenvalue weighted by molar-refractivity contribution is 5.60. The molecule has 1 heterocycles. The first-order valence-corrected chi connectivity index (χ1v) is 5.00. The average molecular weight is 272 g/mol. The summed E-state index contributed by atoms with van der Waals surface area (Å²) in [5, 5.41) is 12.0. The van der Waals surface area contributed by atoms with Gasteiger partial charge in [0.15, 0.2) is 5.75 Å². The Morgan fingerprint density at radius 2 is 2.00 bits per heavy atom. The van der Waals surface area contributed by atoms with Gasteiger partial charge < -0.3 is 9.84 Å². The van der Waals surface area contributed by atoms with Crippen LogP contribution in [0.15, 0.2) is 36.7 Å². The van der Waals surface area contributed by atoms with E-state index in [9.17, 15) is 18.0 Å². The number of hydrogen-bond acceptors (Lipinski definition) is 3. The maximum Gasteiger partial charge on any atom is 0.511 e. The Morgan fingerprint density at radius 1 is 1.32 bits per heavy atom. The lowest BCUT2D eigenvalue weighted by atomic mass is 10.2. The largest absolute Gasteiger partial charge is 0.511 e. The van der Waals surface area contributed by atoms with Gasteiger partial charge >= 0.3 is 12.3 Å². The molecule has 0 fully saturated rings. The zero-order valence-electron chi connectivity index (χ0n) is 9.26. The number of alkyl halides is 3. The standard InChI is InChI=1S/C11H7F3N2O3/c12-11(13,14)8-3-1-2-4-9(8)16-6-7(5-15-16)19-10(17)18/h1-6H,(H,17,18). The third-order valence-corrected chi connectivity index (χ3v) is 2.22. The smallest absolute Gasteiger partial charge is 0.449 e. The summed E-state index contributed by atoms with van der Waals surface area (Å²) in [5.41, 5.74) is -1.09. The monoisotopic (exact) mass is 272 g/mol. The Kier molecular flexibility index (Phi) is 3.16. The van der Waals surface area contributed by atoms with Gasteiger partial charge in [-0.3, -0.25) is 0 Å². The fraction of sp³-hybridized carbons (Fsp3) is 0.0909. The van der Waals surface area contributed by atoms with Gasteiger partial charge in [0.1, 0.15) is 0 Å². The zero-order chi connectivity index (χ0) is 14.0. The van der Waals surface area contributed by atoms with E-state index >= 15 is 0 Å². The number of aromatic nitrogens is 2. The topological polar surface area (TPSA) is 64.3 Å². The van der Waals surface area contributed by atoms with Crippen LogP contribution in [0.4, 0.5) is 18.0 Å². The highest BCUT2D eigenvalue weighted by Crippen LogP contribution is 2.33. The summed E-state index contributed by atoms with van der Waals surface area (Å²) in [7, 11) is 0. The van der Waals surface area contributed by atoms with Gasteiger partial charge in [-0.1, -0.05) is 12.1 Å². The van der Waals surface area contributed by atoms with Crippen molar-refractivity contribution in [1.29, 1.82) is 0 Å². The second-order valence-corrected chi connectivity index (χ2v) is 3.50. The minimum atomic E-state index is -4.53. The second-order valence-electron chi connectivity index (χ2n) is 3.50. The molecule has 0 unspecified atom stereocenters. The summed E-state index contributed by atoms with van der Waals surface area (Å²) in [6.45, 7) is 0. The molecule has 1 aromatic heterocycles. The van der Waals surface area contributed by atoms with E-state index in [1.807, 2.05) is 0 Å². The molecule has 1 N–H and O–H groups in total. The maximum absolute atomic E-state index is 12.8. The molecule has 0 aliphatic heterocycles. The highest BCUT2D eigenvalue weighted by atomic mass is 19.4. The van der Waals surface area contributed by atoms with Crippen molar-refractivity contribution in [2.24, 2.45) is 0 Å². The molecule has 2 aromatic rings. The third-order valence-electron chi connectivity index (χ3n) is 2.22. The average Bonchev–Trinajstić information content (AvgIpc) is 2.75.